The van der Waals surface area contributed by atoms with E-state index in [0.717, 1.165) is 50.7 Å². The van der Waals surface area contributed by atoms with Crippen molar-refractivity contribution in [2.24, 2.45) is 0 Å². The van der Waals surface area contributed by atoms with E-state index in [1.165, 1.54) is 4.90 Å². The van der Waals surface area contributed by atoms with Crippen LogP contribution in [0.4, 0.5) is 5.69 Å². The van der Waals surface area contributed by atoms with Crippen molar-refractivity contribution in [2.75, 3.05) is 19.0 Å². The van der Waals surface area contributed by atoms with Gasteiger partial charge in [-0.2, -0.15) is 0 Å². The molecule has 2 bridgehead atoms. The van der Waals surface area contributed by atoms with Crippen molar-refractivity contribution in [3.05, 3.63) is 88.5 Å². The Hall–Kier alpha value is -4.45. The summed E-state index contributed by atoms with van der Waals surface area (Å²) in [5, 5.41) is 2.16. The van der Waals surface area contributed by atoms with Gasteiger partial charge < -0.3 is 9.32 Å². The molecule has 5 aromatic rings. The van der Waals surface area contributed by atoms with E-state index in [0.29, 0.717) is 28.7 Å². The van der Waals surface area contributed by atoms with Gasteiger partial charge in [-0.05, 0) is 58.1 Å². The minimum Gasteiger partial charge on any atom is -0.456 e. The van der Waals surface area contributed by atoms with Gasteiger partial charge in [0.2, 0.25) is 0 Å². The summed E-state index contributed by atoms with van der Waals surface area (Å²) in [5.74, 6) is -0.459. The molecule has 176 valence electrons. The van der Waals surface area contributed by atoms with Crippen molar-refractivity contribution < 1.29 is 18.8 Å². The van der Waals surface area contributed by atoms with Gasteiger partial charge in [0, 0.05) is 37.3 Å². The monoisotopic (exact) mass is 474 g/mol. The van der Waals surface area contributed by atoms with Gasteiger partial charge in [0.05, 0.1) is 17.7 Å². The second-order valence-electron chi connectivity index (χ2n) is 9.82. The topological polar surface area (TPSA) is 70.8 Å². The Morgan fingerprint density at radius 2 is 1.47 bits per heavy atom. The normalized spacial score (nSPS) is 14.9. The van der Waals surface area contributed by atoms with Crippen LogP contribution in [-0.4, -0.2) is 36.6 Å². The van der Waals surface area contributed by atoms with Crippen molar-refractivity contribution >= 4 is 45.2 Å². The first-order chi connectivity index (χ1) is 17.4. The highest BCUT2D eigenvalue weighted by Crippen LogP contribution is 2.41. The van der Waals surface area contributed by atoms with Gasteiger partial charge in [0.1, 0.15) is 11.2 Å². The minimum absolute atomic E-state index is 0.176. The highest BCUT2D eigenvalue weighted by Gasteiger charge is 2.41. The fourth-order valence-corrected chi connectivity index (χ4v) is 5.65. The summed E-state index contributed by atoms with van der Waals surface area (Å²) in [5.41, 5.74) is 7.40. The van der Waals surface area contributed by atoms with Crippen LogP contribution in [-0.2, 0) is 13.0 Å². The minimum atomic E-state index is -0.317. The fourth-order valence-electron chi connectivity index (χ4n) is 5.65. The van der Waals surface area contributed by atoms with E-state index < -0.39 is 0 Å². The van der Waals surface area contributed by atoms with Crippen LogP contribution in [0.25, 0.3) is 33.1 Å². The Balaban J connectivity index is 1.28. The van der Waals surface area contributed by atoms with Crippen LogP contribution in [0.2, 0.25) is 0 Å². The maximum Gasteiger partial charge on any atom is 0.265 e. The highest BCUT2D eigenvalue weighted by molar-refractivity contribution is 6.27. The van der Waals surface area contributed by atoms with Crippen molar-refractivity contribution in [2.45, 2.75) is 19.4 Å². The van der Waals surface area contributed by atoms with Crippen molar-refractivity contribution in [1.29, 1.82) is 0 Å². The van der Waals surface area contributed by atoms with Crippen LogP contribution in [0.3, 0.4) is 0 Å². The molecule has 0 spiro atoms. The molecule has 1 aliphatic carbocycles. The standard InChI is InChI=1S/C30H22N2O4/c1-31(2)20-9-7-18-13-19-8-10-22(33)26(19)25(21(18)14-20)17-5-3-16(4-6-17)15-32-29(34)27-23-11-12-24(36-23)28(27)30(32)35/h3-7,9,11-14H,8,10,15H2,1-2H3. The molecular weight excluding hydrogens is 452 g/mol. The first-order valence-corrected chi connectivity index (χ1v) is 12.0. The molecule has 0 radical (unpaired) electrons. The van der Waals surface area contributed by atoms with E-state index in [9.17, 15) is 14.4 Å². The Morgan fingerprint density at radius 3 is 2.14 bits per heavy atom. The van der Waals surface area contributed by atoms with Gasteiger partial charge in [-0.15, -0.1) is 0 Å². The van der Waals surface area contributed by atoms with Gasteiger partial charge >= 0.3 is 0 Å². The number of hydrogen-bond acceptors (Lipinski definition) is 5. The maximum absolute atomic E-state index is 12.9. The zero-order valence-corrected chi connectivity index (χ0v) is 19.9. The van der Waals surface area contributed by atoms with Gasteiger partial charge in [-0.3, -0.25) is 19.3 Å². The van der Waals surface area contributed by atoms with Gasteiger partial charge in [0.15, 0.2) is 5.78 Å². The lowest BCUT2D eigenvalue weighted by molar-refractivity contribution is 0.0641. The summed E-state index contributed by atoms with van der Waals surface area (Å²) in [4.78, 5) is 42.1. The van der Waals surface area contributed by atoms with Crippen molar-refractivity contribution in [1.82, 2.24) is 4.90 Å². The van der Waals surface area contributed by atoms with Crippen molar-refractivity contribution in [3.63, 3.8) is 0 Å². The number of aryl methyl sites for hydroxylation is 1. The number of furan rings is 2. The van der Waals surface area contributed by atoms with E-state index in [-0.39, 0.29) is 24.1 Å². The Bertz CT molecular complexity index is 1700. The van der Waals surface area contributed by atoms with Crippen LogP contribution < -0.4 is 4.90 Å². The molecule has 6 nitrogen and oxygen atoms in total. The number of anilines is 1. The number of rotatable bonds is 4. The Morgan fingerprint density at radius 1 is 0.778 bits per heavy atom. The van der Waals surface area contributed by atoms with Gasteiger partial charge in [-0.25, -0.2) is 0 Å². The molecule has 2 aromatic heterocycles. The first kappa shape index (κ1) is 20.9. The highest BCUT2D eigenvalue weighted by atomic mass is 16.3. The summed E-state index contributed by atoms with van der Waals surface area (Å²) in [6, 6.07) is 19.8. The SMILES string of the molecule is CN(C)c1ccc2cc3c(c(-c4ccc(CN5C(=O)c6c(c7ccc6o7)C5=O)cc4)c2c1)C(=O)CC3. The molecule has 0 saturated heterocycles. The summed E-state index contributed by atoms with van der Waals surface area (Å²) >= 11 is 0. The number of Topliss-reactive ketones (excluding diaryl/α,β-unsaturated/α-hetero) is 1. The molecule has 0 atom stereocenters. The van der Waals surface area contributed by atoms with E-state index in [1.54, 1.807) is 12.1 Å². The van der Waals surface area contributed by atoms with Crippen LogP contribution in [0.15, 0.2) is 65.1 Å². The van der Waals surface area contributed by atoms with E-state index in [1.807, 2.05) is 38.4 Å². The molecule has 0 unspecified atom stereocenters. The summed E-state index contributed by atoms with van der Waals surface area (Å²) < 4.78 is 5.50. The number of carbonyl (C=O) groups excluding carboxylic acids is 3. The molecule has 1 aliphatic heterocycles. The Labute approximate surface area is 207 Å². The number of fused-ring (bicyclic) bond motifs is 7. The predicted molar refractivity (Wildman–Crippen MR) is 138 cm³/mol. The summed E-state index contributed by atoms with van der Waals surface area (Å²) in [6.45, 7) is 0.183. The second kappa shape index (κ2) is 7.28. The number of imide groups is 1. The lowest BCUT2D eigenvalue weighted by atomic mass is 9.90. The average Bonchev–Trinajstić information content (AvgIpc) is 3.64. The summed E-state index contributed by atoms with van der Waals surface area (Å²) in [7, 11) is 4.01. The molecule has 3 aromatic carbocycles. The molecule has 6 heteroatoms. The molecule has 2 aliphatic rings. The number of carbonyl (C=O) groups is 3. The third-order valence-corrected chi connectivity index (χ3v) is 7.47. The summed E-state index contributed by atoms with van der Waals surface area (Å²) in [6.07, 6.45) is 1.29. The third kappa shape index (κ3) is 2.81. The molecule has 0 N–H and O–H groups in total. The smallest absolute Gasteiger partial charge is 0.265 e. The number of ketones is 1. The zero-order chi connectivity index (χ0) is 24.7. The predicted octanol–water partition coefficient (Wildman–Crippen LogP) is 5.68. The Kier molecular flexibility index (Phi) is 4.22. The number of nitrogens with zero attached hydrogens (tertiary/aromatic N) is 2. The third-order valence-electron chi connectivity index (χ3n) is 7.47. The molecule has 36 heavy (non-hydrogen) atoms. The van der Waals surface area contributed by atoms with E-state index >= 15 is 0 Å². The zero-order valence-electron chi connectivity index (χ0n) is 19.9. The van der Waals surface area contributed by atoms with Crippen molar-refractivity contribution in [3.8, 4) is 11.1 Å². The largest absolute Gasteiger partial charge is 0.456 e. The van der Waals surface area contributed by atoms with Crippen LogP contribution in [0.1, 0.15) is 48.6 Å². The molecule has 0 saturated carbocycles. The molecular formula is C30H22N2O4. The number of hydrogen-bond donors (Lipinski definition) is 0. The number of amides is 2. The van der Waals surface area contributed by atoms with Crippen LogP contribution >= 0.6 is 0 Å². The maximum atomic E-state index is 12.9. The molecule has 3 heterocycles. The van der Waals surface area contributed by atoms with Gasteiger partial charge in [0.25, 0.3) is 11.8 Å². The quantitative estimate of drug-likeness (QED) is 0.313. The lowest BCUT2D eigenvalue weighted by Gasteiger charge is -2.18. The van der Waals surface area contributed by atoms with E-state index in [4.69, 9.17) is 4.42 Å². The lowest BCUT2D eigenvalue weighted by Crippen LogP contribution is -2.29. The molecule has 2 amide bonds. The number of benzene rings is 4. The molecule has 0 fully saturated rings. The van der Waals surface area contributed by atoms with Crippen LogP contribution in [0.5, 0.6) is 0 Å². The average molecular weight is 475 g/mol. The fraction of sp³-hybridized carbons (Fsp3) is 0.167. The van der Waals surface area contributed by atoms with E-state index in [2.05, 4.69) is 29.2 Å². The first-order valence-electron chi connectivity index (χ1n) is 12.0. The van der Waals surface area contributed by atoms with Crippen LogP contribution in [0, 0.1) is 0 Å². The second-order valence-corrected chi connectivity index (χ2v) is 9.82. The van der Waals surface area contributed by atoms with Gasteiger partial charge in [-0.1, -0.05) is 36.4 Å². The molecule has 7 rings (SSSR count).